The molecule has 0 spiro atoms. The quantitative estimate of drug-likeness (QED) is 0.666. The summed E-state index contributed by atoms with van der Waals surface area (Å²) < 4.78 is 34.7. The minimum Gasteiger partial charge on any atom is -0.383 e. The van der Waals surface area contributed by atoms with Crippen LogP contribution in [-0.4, -0.2) is 49.9 Å². The molecule has 1 aliphatic heterocycles. The first-order valence-electron chi connectivity index (χ1n) is 8.49. The smallest absolute Gasteiger partial charge is 0.282 e. The topological polar surface area (TPSA) is 49.9 Å². The highest BCUT2D eigenvalue weighted by molar-refractivity contribution is 7.86. The fourth-order valence-corrected chi connectivity index (χ4v) is 5.15. The largest absolute Gasteiger partial charge is 0.383 e. The Morgan fingerprint density at radius 2 is 2.21 bits per heavy atom. The molecule has 1 aliphatic rings. The molecule has 0 aliphatic carbocycles. The van der Waals surface area contributed by atoms with E-state index in [2.05, 4.69) is 6.92 Å². The minimum absolute atomic E-state index is 0.0662. The van der Waals surface area contributed by atoms with Crippen molar-refractivity contribution in [3.8, 4) is 0 Å². The first kappa shape index (κ1) is 19.7. The molecule has 0 bridgehead atoms. The second kappa shape index (κ2) is 9.15. The average molecular weight is 375 g/mol. The van der Waals surface area contributed by atoms with Crippen molar-refractivity contribution in [2.45, 2.75) is 45.2 Å². The molecule has 0 saturated carbocycles. The molecule has 1 heterocycles. The van der Waals surface area contributed by atoms with E-state index in [0.717, 1.165) is 31.2 Å². The molecule has 1 aromatic carbocycles. The Bertz CT molecular complexity index is 624. The van der Waals surface area contributed by atoms with E-state index >= 15 is 0 Å². The molecule has 1 atom stereocenters. The van der Waals surface area contributed by atoms with Gasteiger partial charge >= 0.3 is 0 Å². The van der Waals surface area contributed by atoms with Crippen molar-refractivity contribution in [3.63, 3.8) is 0 Å². The number of ether oxygens (including phenoxy) is 1. The fourth-order valence-electron chi connectivity index (χ4n) is 3.07. The number of benzene rings is 1. The van der Waals surface area contributed by atoms with Crippen molar-refractivity contribution >= 4 is 21.8 Å². The lowest BCUT2D eigenvalue weighted by Gasteiger charge is -2.31. The first-order valence-corrected chi connectivity index (χ1v) is 10.3. The van der Waals surface area contributed by atoms with Crippen LogP contribution in [0.3, 0.4) is 0 Å². The third-order valence-corrected chi connectivity index (χ3v) is 6.59. The van der Waals surface area contributed by atoms with Gasteiger partial charge in [-0.2, -0.15) is 17.0 Å². The monoisotopic (exact) mass is 374 g/mol. The van der Waals surface area contributed by atoms with E-state index in [1.165, 1.54) is 0 Å². The molecule has 24 heavy (non-hydrogen) atoms. The first-order chi connectivity index (χ1) is 11.5. The van der Waals surface area contributed by atoms with Crippen LogP contribution in [0.25, 0.3) is 0 Å². The summed E-state index contributed by atoms with van der Waals surface area (Å²) in [4.78, 5) is 0. The van der Waals surface area contributed by atoms with Gasteiger partial charge in [-0.05, 0) is 37.0 Å². The van der Waals surface area contributed by atoms with Crippen molar-refractivity contribution in [2.24, 2.45) is 0 Å². The summed E-state index contributed by atoms with van der Waals surface area (Å²) in [6.07, 6.45) is 3.52. The Labute approximate surface area is 150 Å². The van der Waals surface area contributed by atoms with Gasteiger partial charge in [0, 0.05) is 37.8 Å². The van der Waals surface area contributed by atoms with Crippen molar-refractivity contribution in [2.75, 3.05) is 26.8 Å². The second-order valence-corrected chi connectivity index (χ2v) is 8.50. The molecule has 1 saturated heterocycles. The van der Waals surface area contributed by atoms with Gasteiger partial charge in [0.1, 0.15) is 0 Å². The third kappa shape index (κ3) is 4.92. The van der Waals surface area contributed by atoms with Gasteiger partial charge in [-0.25, -0.2) is 0 Å². The lowest BCUT2D eigenvalue weighted by molar-refractivity contribution is 0.145. The van der Waals surface area contributed by atoms with Crippen molar-refractivity contribution in [3.05, 3.63) is 34.9 Å². The maximum absolute atomic E-state index is 13.2. The third-order valence-electron chi connectivity index (χ3n) is 4.31. The zero-order valence-electron chi connectivity index (χ0n) is 14.4. The van der Waals surface area contributed by atoms with E-state index in [0.29, 0.717) is 31.3 Å². The van der Waals surface area contributed by atoms with Crippen LogP contribution in [-0.2, 0) is 21.5 Å². The van der Waals surface area contributed by atoms with Crippen molar-refractivity contribution in [1.82, 2.24) is 8.61 Å². The van der Waals surface area contributed by atoms with Gasteiger partial charge in [-0.1, -0.05) is 37.1 Å². The standard InChI is InChI=1S/C17H27ClN2O3S/c1-3-4-10-19(13-15-7-5-8-16(18)12-15)24(21,22)20-11-6-9-17(20)14-23-2/h5,7-8,12,17H,3-4,6,9-11,13-14H2,1-2H3. The van der Waals surface area contributed by atoms with Crippen LogP contribution >= 0.6 is 11.6 Å². The maximum atomic E-state index is 13.2. The van der Waals surface area contributed by atoms with Gasteiger partial charge in [0.05, 0.1) is 6.61 Å². The lowest BCUT2D eigenvalue weighted by atomic mass is 10.2. The Balaban J connectivity index is 2.21. The van der Waals surface area contributed by atoms with E-state index in [4.69, 9.17) is 16.3 Å². The number of halogens is 1. The van der Waals surface area contributed by atoms with Gasteiger partial charge in [-0.3, -0.25) is 0 Å². The van der Waals surface area contributed by atoms with Crippen LogP contribution in [0.2, 0.25) is 5.02 Å². The Hall–Kier alpha value is -0.660. The molecule has 0 amide bonds. The summed E-state index contributed by atoms with van der Waals surface area (Å²) in [5, 5.41) is 0.624. The van der Waals surface area contributed by atoms with Gasteiger partial charge in [0.2, 0.25) is 0 Å². The highest BCUT2D eigenvalue weighted by Gasteiger charge is 2.37. The molecule has 1 aromatic rings. The highest BCUT2D eigenvalue weighted by Crippen LogP contribution is 2.25. The molecule has 0 N–H and O–H groups in total. The van der Waals surface area contributed by atoms with Crippen LogP contribution in [0.1, 0.15) is 38.2 Å². The SMILES string of the molecule is CCCCN(Cc1cccc(Cl)c1)S(=O)(=O)N1CCCC1COC. The second-order valence-electron chi connectivity index (χ2n) is 6.19. The van der Waals surface area contributed by atoms with E-state index in [1.807, 2.05) is 18.2 Å². The molecule has 0 aromatic heterocycles. The summed E-state index contributed by atoms with van der Waals surface area (Å²) in [7, 11) is -1.90. The summed E-state index contributed by atoms with van der Waals surface area (Å²) in [6.45, 7) is 3.93. The molecular weight excluding hydrogens is 348 g/mol. The zero-order valence-corrected chi connectivity index (χ0v) is 16.0. The Morgan fingerprint density at radius 1 is 1.42 bits per heavy atom. The molecular formula is C17H27ClN2O3S. The molecule has 136 valence electrons. The number of rotatable bonds is 9. The number of unbranched alkanes of at least 4 members (excludes halogenated alkanes) is 1. The van der Waals surface area contributed by atoms with Gasteiger partial charge in [-0.15, -0.1) is 0 Å². The predicted molar refractivity (Wildman–Crippen MR) is 97.3 cm³/mol. The Morgan fingerprint density at radius 3 is 2.88 bits per heavy atom. The molecule has 5 nitrogen and oxygen atoms in total. The summed E-state index contributed by atoms with van der Waals surface area (Å²) >= 11 is 6.04. The maximum Gasteiger partial charge on any atom is 0.282 e. The molecule has 1 fully saturated rings. The zero-order chi connectivity index (χ0) is 17.6. The number of hydrogen-bond donors (Lipinski definition) is 0. The number of nitrogens with zero attached hydrogens (tertiary/aromatic N) is 2. The van der Waals surface area contributed by atoms with E-state index in [1.54, 1.807) is 21.8 Å². The number of hydrogen-bond acceptors (Lipinski definition) is 3. The Kier molecular flexibility index (Phi) is 7.50. The van der Waals surface area contributed by atoms with E-state index < -0.39 is 10.2 Å². The molecule has 7 heteroatoms. The summed E-state index contributed by atoms with van der Waals surface area (Å²) in [6, 6.07) is 7.32. The van der Waals surface area contributed by atoms with Crippen molar-refractivity contribution < 1.29 is 13.2 Å². The lowest BCUT2D eigenvalue weighted by Crippen LogP contribution is -2.47. The van der Waals surface area contributed by atoms with Crippen LogP contribution in [0, 0.1) is 0 Å². The van der Waals surface area contributed by atoms with Crippen LogP contribution in [0.5, 0.6) is 0 Å². The highest BCUT2D eigenvalue weighted by atomic mass is 35.5. The van der Waals surface area contributed by atoms with Gasteiger partial charge in [0.25, 0.3) is 10.2 Å². The van der Waals surface area contributed by atoms with Crippen molar-refractivity contribution in [1.29, 1.82) is 0 Å². The van der Waals surface area contributed by atoms with E-state index in [-0.39, 0.29) is 6.04 Å². The molecule has 0 radical (unpaired) electrons. The normalized spacial score (nSPS) is 19.2. The average Bonchev–Trinajstić information content (AvgIpc) is 3.01. The van der Waals surface area contributed by atoms with Gasteiger partial charge in [0.15, 0.2) is 0 Å². The summed E-state index contributed by atoms with van der Waals surface area (Å²) in [5.41, 5.74) is 0.907. The van der Waals surface area contributed by atoms with Crippen LogP contribution in [0.15, 0.2) is 24.3 Å². The van der Waals surface area contributed by atoms with E-state index in [9.17, 15) is 8.42 Å². The van der Waals surface area contributed by atoms with Crippen LogP contribution < -0.4 is 0 Å². The fraction of sp³-hybridized carbons (Fsp3) is 0.647. The number of methoxy groups -OCH3 is 1. The minimum atomic E-state index is -3.51. The predicted octanol–water partition coefficient (Wildman–Crippen LogP) is 3.30. The summed E-state index contributed by atoms with van der Waals surface area (Å²) in [5.74, 6) is 0. The molecule has 1 unspecified atom stereocenters. The van der Waals surface area contributed by atoms with Crippen LogP contribution in [0.4, 0.5) is 0 Å². The molecule has 2 rings (SSSR count). The van der Waals surface area contributed by atoms with Gasteiger partial charge < -0.3 is 4.74 Å².